The van der Waals surface area contributed by atoms with Crippen LogP contribution in [0.25, 0.3) is 0 Å². The summed E-state index contributed by atoms with van der Waals surface area (Å²) in [7, 11) is 0. The predicted molar refractivity (Wildman–Crippen MR) is 56.1 cm³/mol. The number of nitrogens with one attached hydrogen (secondary N) is 1. The summed E-state index contributed by atoms with van der Waals surface area (Å²) < 4.78 is 73.8. The monoisotopic (exact) mass is 325 g/mol. The minimum Gasteiger partial charge on any atom is -0.318 e. The van der Waals surface area contributed by atoms with Crippen LogP contribution >= 0.6 is 23.2 Å². The molecule has 0 atom stereocenters. The highest BCUT2D eigenvalue weighted by Crippen LogP contribution is 2.38. The lowest BCUT2D eigenvalue weighted by Gasteiger charge is -2.19. The molecular formula is C9H3Cl2F6NO. The first-order chi connectivity index (χ1) is 8.46. The number of benzene rings is 1. The summed E-state index contributed by atoms with van der Waals surface area (Å²) in [4.78, 5) is 10.9. The van der Waals surface area contributed by atoms with Crippen molar-refractivity contribution in [3.05, 3.63) is 28.0 Å². The molecule has 0 saturated carbocycles. The van der Waals surface area contributed by atoms with Crippen LogP contribution in [0.15, 0.2) is 12.1 Å². The van der Waals surface area contributed by atoms with E-state index in [9.17, 15) is 31.1 Å². The smallest absolute Gasteiger partial charge is 0.318 e. The van der Waals surface area contributed by atoms with Crippen LogP contribution in [0.1, 0.15) is 0 Å². The maximum Gasteiger partial charge on any atom is 0.463 e. The number of amides is 1. The van der Waals surface area contributed by atoms with Crippen LogP contribution in [0.5, 0.6) is 0 Å². The Kier molecular flexibility index (Phi) is 4.26. The van der Waals surface area contributed by atoms with Gasteiger partial charge in [-0.25, -0.2) is 4.39 Å². The second-order valence-electron chi connectivity index (χ2n) is 3.27. The van der Waals surface area contributed by atoms with Gasteiger partial charge in [0.1, 0.15) is 5.82 Å². The van der Waals surface area contributed by atoms with Crippen molar-refractivity contribution in [2.45, 2.75) is 12.1 Å². The highest BCUT2D eigenvalue weighted by atomic mass is 35.5. The molecule has 0 bridgehead atoms. The molecule has 1 N–H and O–H groups in total. The van der Waals surface area contributed by atoms with E-state index in [-0.39, 0.29) is 0 Å². The Bertz CT molecular complexity index is 493. The normalized spacial score (nSPS) is 12.4. The molecule has 0 saturated heterocycles. The lowest BCUT2D eigenvalue weighted by Crippen LogP contribution is -2.47. The van der Waals surface area contributed by atoms with E-state index in [4.69, 9.17) is 23.2 Å². The molecule has 1 aromatic rings. The molecule has 2 nitrogen and oxygen atoms in total. The Labute approximate surface area is 112 Å². The van der Waals surface area contributed by atoms with E-state index >= 15 is 0 Å². The molecular weight excluding hydrogens is 323 g/mol. The summed E-state index contributed by atoms with van der Waals surface area (Å²) >= 11 is 10.8. The molecule has 0 spiro atoms. The topological polar surface area (TPSA) is 29.1 Å². The third kappa shape index (κ3) is 3.24. The van der Waals surface area contributed by atoms with E-state index in [1.54, 1.807) is 0 Å². The van der Waals surface area contributed by atoms with Crippen molar-refractivity contribution in [2.75, 3.05) is 5.32 Å². The Balaban J connectivity index is 3.08. The van der Waals surface area contributed by atoms with Gasteiger partial charge in [-0.1, -0.05) is 23.2 Å². The van der Waals surface area contributed by atoms with Crippen LogP contribution in [0.3, 0.4) is 0 Å². The van der Waals surface area contributed by atoms with E-state index < -0.39 is 39.6 Å². The number of hydrogen-bond donors (Lipinski definition) is 1. The van der Waals surface area contributed by atoms with Gasteiger partial charge < -0.3 is 5.32 Å². The SMILES string of the molecule is O=C(Nc1c(Cl)cc(F)cc1Cl)C(F)(F)C(F)(F)F. The highest BCUT2D eigenvalue weighted by Gasteiger charge is 2.63. The second-order valence-corrected chi connectivity index (χ2v) is 4.09. The van der Waals surface area contributed by atoms with Gasteiger partial charge in [-0.05, 0) is 12.1 Å². The van der Waals surface area contributed by atoms with Crippen LogP contribution in [-0.4, -0.2) is 18.0 Å². The number of alkyl halides is 5. The summed E-state index contributed by atoms with van der Waals surface area (Å²) in [5.74, 6) is -9.25. The number of rotatable bonds is 2. The molecule has 0 unspecified atom stereocenters. The van der Waals surface area contributed by atoms with Gasteiger partial charge in [-0.15, -0.1) is 0 Å². The molecule has 0 aliphatic heterocycles. The maximum absolute atomic E-state index is 12.8. The predicted octanol–water partition coefficient (Wildman–Crippen LogP) is 4.27. The number of hydrogen-bond acceptors (Lipinski definition) is 1. The van der Waals surface area contributed by atoms with Crippen molar-refractivity contribution in [2.24, 2.45) is 0 Å². The molecule has 0 aromatic heterocycles. The Hall–Kier alpha value is -1.15. The Morgan fingerprint density at radius 3 is 1.84 bits per heavy atom. The first-order valence-electron chi connectivity index (χ1n) is 4.37. The van der Waals surface area contributed by atoms with Gasteiger partial charge in [0.15, 0.2) is 0 Å². The van der Waals surface area contributed by atoms with Gasteiger partial charge in [0.05, 0.1) is 15.7 Å². The van der Waals surface area contributed by atoms with Gasteiger partial charge in [-0.3, -0.25) is 4.79 Å². The lowest BCUT2D eigenvalue weighted by atomic mass is 10.2. The number of halogens is 8. The third-order valence-corrected chi connectivity index (χ3v) is 2.48. The Morgan fingerprint density at radius 2 is 1.47 bits per heavy atom. The summed E-state index contributed by atoms with van der Waals surface area (Å²) in [6.07, 6.45) is -6.07. The maximum atomic E-state index is 12.8. The van der Waals surface area contributed by atoms with E-state index in [0.29, 0.717) is 12.1 Å². The van der Waals surface area contributed by atoms with Gasteiger partial charge in [0, 0.05) is 0 Å². The number of carbonyl (C=O) groups excluding carboxylic acids is 1. The second kappa shape index (κ2) is 5.09. The fourth-order valence-electron chi connectivity index (χ4n) is 0.982. The molecule has 10 heteroatoms. The van der Waals surface area contributed by atoms with Crippen molar-refractivity contribution in [3.63, 3.8) is 0 Å². The minimum absolute atomic E-state index is 0.592. The average Bonchev–Trinajstić information content (AvgIpc) is 2.21. The van der Waals surface area contributed by atoms with Gasteiger partial charge in [0.2, 0.25) is 0 Å². The van der Waals surface area contributed by atoms with Crippen LogP contribution in [0, 0.1) is 5.82 Å². The van der Waals surface area contributed by atoms with Crippen LogP contribution in [-0.2, 0) is 4.79 Å². The van der Waals surface area contributed by atoms with Crippen molar-refractivity contribution >= 4 is 34.8 Å². The number of anilines is 1. The first kappa shape index (κ1) is 15.9. The summed E-state index contributed by atoms with van der Waals surface area (Å²) in [6, 6.07) is 1.18. The zero-order valence-corrected chi connectivity index (χ0v) is 10.1. The molecule has 0 radical (unpaired) electrons. The summed E-state index contributed by atoms with van der Waals surface area (Å²) in [5.41, 5.74) is -0.737. The summed E-state index contributed by atoms with van der Waals surface area (Å²) in [6.45, 7) is 0. The largest absolute Gasteiger partial charge is 0.463 e. The molecule has 0 aliphatic carbocycles. The third-order valence-electron chi connectivity index (χ3n) is 1.89. The van der Waals surface area contributed by atoms with Crippen LogP contribution < -0.4 is 5.32 Å². The van der Waals surface area contributed by atoms with Crippen molar-refractivity contribution in [1.82, 2.24) is 0 Å². The highest BCUT2D eigenvalue weighted by molar-refractivity contribution is 6.39. The molecule has 0 fully saturated rings. The Morgan fingerprint density at radius 1 is 1.05 bits per heavy atom. The minimum atomic E-state index is -6.07. The number of carbonyl (C=O) groups is 1. The van der Waals surface area contributed by atoms with Crippen molar-refractivity contribution in [1.29, 1.82) is 0 Å². The van der Waals surface area contributed by atoms with E-state index in [2.05, 4.69) is 0 Å². The molecule has 0 heterocycles. The standard InChI is InChI=1S/C9H3Cl2F6NO/c10-4-1-3(12)2-5(11)6(4)18-7(19)8(13,14)9(15,16)17/h1-2H,(H,18,19). The van der Waals surface area contributed by atoms with Crippen molar-refractivity contribution in [3.8, 4) is 0 Å². The zero-order chi connectivity index (χ0) is 15.0. The first-order valence-corrected chi connectivity index (χ1v) is 5.13. The average molecular weight is 326 g/mol. The fraction of sp³-hybridized carbons (Fsp3) is 0.222. The fourth-order valence-corrected chi connectivity index (χ4v) is 1.54. The van der Waals surface area contributed by atoms with Crippen LogP contribution in [0.4, 0.5) is 32.0 Å². The van der Waals surface area contributed by atoms with Crippen LogP contribution in [0.2, 0.25) is 10.0 Å². The van der Waals surface area contributed by atoms with E-state index in [0.717, 1.165) is 0 Å². The summed E-state index contributed by atoms with van der Waals surface area (Å²) in [5, 5.41) is -0.0160. The van der Waals surface area contributed by atoms with Gasteiger partial charge in [0.25, 0.3) is 0 Å². The molecule has 1 aromatic carbocycles. The lowest BCUT2D eigenvalue weighted by molar-refractivity contribution is -0.267. The van der Waals surface area contributed by atoms with Gasteiger partial charge >= 0.3 is 18.0 Å². The molecule has 1 amide bonds. The van der Waals surface area contributed by atoms with E-state index in [1.807, 2.05) is 0 Å². The van der Waals surface area contributed by atoms with Crippen molar-refractivity contribution < 1.29 is 31.1 Å². The quantitative estimate of drug-likeness (QED) is 0.808. The zero-order valence-electron chi connectivity index (χ0n) is 8.59. The molecule has 106 valence electrons. The molecule has 1 rings (SSSR count). The molecule has 0 aliphatic rings. The van der Waals surface area contributed by atoms with E-state index in [1.165, 1.54) is 5.32 Å². The molecule has 19 heavy (non-hydrogen) atoms. The van der Waals surface area contributed by atoms with Gasteiger partial charge in [-0.2, -0.15) is 22.0 Å².